The molecule has 0 spiro atoms. The van der Waals surface area contributed by atoms with E-state index in [1.807, 2.05) is 41.8 Å². The molecular formula is C19H14N6OS2. The molecular weight excluding hydrogens is 392 g/mol. The number of fused-ring (bicyclic) bond motifs is 2. The molecule has 5 rings (SSSR count). The highest BCUT2D eigenvalue weighted by Crippen LogP contribution is 2.23. The summed E-state index contributed by atoms with van der Waals surface area (Å²) in [5, 5.41) is 2.75. The van der Waals surface area contributed by atoms with Crippen molar-refractivity contribution in [2.75, 3.05) is 5.75 Å². The molecule has 4 heterocycles. The Balaban J connectivity index is 1.50. The summed E-state index contributed by atoms with van der Waals surface area (Å²) < 4.78 is 2.39. The van der Waals surface area contributed by atoms with Crippen LogP contribution in [0.4, 0.5) is 0 Å². The number of rotatable bonds is 5. The molecule has 0 bridgehead atoms. The van der Waals surface area contributed by atoms with E-state index >= 15 is 0 Å². The van der Waals surface area contributed by atoms with Crippen molar-refractivity contribution in [2.24, 2.45) is 0 Å². The Kier molecular flexibility index (Phi) is 4.38. The minimum absolute atomic E-state index is 0.0239. The van der Waals surface area contributed by atoms with Crippen LogP contribution in [0.2, 0.25) is 0 Å². The van der Waals surface area contributed by atoms with Crippen molar-refractivity contribution in [1.82, 2.24) is 29.5 Å². The lowest BCUT2D eigenvalue weighted by Gasteiger charge is -2.12. The Morgan fingerprint density at radius 3 is 2.89 bits per heavy atom. The molecule has 28 heavy (non-hydrogen) atoms. The first-order chi connectivity index (χ1) is 13.8. The average Bonchev–Trinajstić information content (AvgIpc) is 3.38. The molecule has 0 saturated heterocycles. The molecule has 1 N–H and O–H groups in total. The SMILES string of the molecule is O=c1c2sccc2nc(CCSc2ncnc3nc[nH]c23)n1-c1ccccc1. The van der Waals surface area contributed by atoms with Gasteiger partial charge in [-0.2, -0.15) is 0 Å². The normalized spacial score (nSPS) is 11.4. The van der Waals surface area contributed by atoms with Crippen LogP contribution in [0.3, 0.4) is 0 Å². The second kappa shape index (κ2) is 7.17. The van der Waals surface area contributed by atoms with E-state index in [0.717, 1.165) is 33.3 Å². The molecule has 0 unspecified atom stereocenters. The van der Waals surface area contributed by atoms with E-state index in [-0.39, 0.29) is 5.56 Å². The van der Waals surface area contributed by atoms with Crippen LogP contribution in [0, 0.1) is 0 Å². The standard InChI is InChI=1S/C19H14N6OS2/c26-19-16-13(6-8-27-16)24-14(25(19)12-4-2-1-3-5-12)7-9-28-18-15-17(21-10-20-15)22-11-23-18/h1-6,8,10-11H,7,9H2,(H,20,21,22,23). The summed E-state index contributed by atoms with van der Waals surface area (Å²) in [4.78, 5) is 33.6. The molecule has 5 aromatic rings. The summed E-state index contributed by atoms with van der Waals surface area (Å²) in [6.45, 7) is 0. The summed E-state index contributed by atoms with van der Waals surface area (Å²) in [7, 11) is 0. The van der Waals surface area contributed by atoms with Gasteiger partial charge in [0.25, 0.3) is 5.56 Å². The van der Waals surface area contributed by atoms with Gasteiger partial charge < -0.3 is 4.98 Å². The summed E-state index contributed by atoms with van der Waals surface area (Å²) in [6, 6.07) is 11.5. The van der Waals surface area contributed by atoms with Gasteiger partial charge in [0.2, 0.25) is 0 Å². The third kappa shape index (κ3) is 2.98. The fourth-order valence-corrected chi connectivity index (χ4v) is 4.71. The molecule has 7 nitrogen and oxygen atoms in total. The number of nitrogens with zero attached hydrogens (tertiary/aromatic N) is 5. The number of hydrogen-bond donors (Lipinski definition) is 1. The summed E-state index contributed by atoms with van der Waals surface area (Å²) in [6.07, 6.45) is 3.75. The molecule has 0 atom stereocenters. The van der Waals surface area contributed by atoms with Gasteiger partial charge in [0.15, 0.2) is 5.65 Å². The Labute approximate surface area is 167 Å². The predicted octanol–water partition coefficient (Wildman–Crippen LogP) is 3.45. The first-order valence-corrected chi connectivity index (χ1v) is 10.5. The maximum Gasteiger partial charge on any atom is 0.276 e. The number of aromatic amines is 1. The van der Waals surface area contributed by atoms with E-state index in [0.29, 0.717) is 16.8 Å². The maximum absolute atomic E-state index is 13.1. The van der Waals surface area contributed by atoms with Crippen LogP contribution in [-0.4, -0.2) is 35.2 Å². The second-order valence-corrected chi connectivity index (χ2v) is 8.02. The van der Waals surface area contributed by atoms with Crippen molar-refractivity contribution < 1.29 is 0 Å². The van der Waals surface area contributed by atoms with Gasteiger partial charge in [0, 0.05) is 12.2 Å². The van der Waals surface area contributed by atoms with E-state index in [4.69, 9.17) is 4.98 Å². The number of aromatic nitrogens is 6. The lowest BCUT2D eigenvalue weighted by Crippen LogP contribution is -2.23. The van der Waals surface area contributed by atoms with Crippen molar-refractivity contribution in [3.8, 4) is 5.69 Å². The highest BCUT2D eigenvalue weighted by atomic mass is 32.2. The quantitative estimate of drug-likeness (QED) is 0.355. The van der Waals surface area contributed by atoms with Crippen molar-refractivity contribution >= 4 is 44.5 Å². The molecule has 0 radical (unpaired) electrons. The zero-order valence-electron chi connectivity index (χ0n) is 14.6. The highest BCUT2D eigenvalue weighted by Gasteiger charge is 2.14. The largest absolute Gasteiger partial charge is 0.341 e. The number of H-pyrrole nitrogens is 1. The van der Waals surface area contributed by atoms with Gasteiger partial charge in [-0.15, -0.1) is 23.1 Å². The first kappa shape index (κ1) is 17.1. The number of imidazole rings is 1. The molecule has 0 aliphatic carbocycles. The lowest BCUT2D eigenvalue weighted by molar-refractivity contribution is 0.839. The number of nitrogens with one attached hydrogen (secondary N) is 1. The van der Waals surface area contributed by atoms with Crippen LogP contribution in [0.5, 0.6) is 0 Å². The van der Waals surface area contributed by atoms with E-state index in [9.17, 15) is 4.79 Å². The van der Waals surface area contributed by atoms with Gasteiger partial charge in [-0.1, -0.05) is 18.2 Å². The van der Waals surface area contributed by atoms with Crippen LogP contribution >= 0.6 is 23.1 Å². The number of thioether (sulfide) groups is 1. The van der Waals surface area contributed by atoms with Crippen LogP contribution in [-0.2, 0) is 6.42 Å². The molecule has 0 fully saturated rings. The van der Waals surface area contributed by atoms with Gasteiger partial charge in [-0.05, 0) is 23.6 Å². The summed E-state index contributed by atoms with van der Waals surface area (Å²) in [5.74, 6) is 1.46. The summed E-state index contributed by atoms with van der Waals surface area (Å²) >= 11 is 3.02. The first-order valence-electron chi connectivity index (χ1n) is 8.63. The Hall–Kier alpha value is -3.04. The smallest absolute Gasteiger partial charge is 0.276 e. The molecule has 0 amide bonds. The number of hydrogen-bond acceptors (Lipinski definition) is 7. The Bertz CT molecular complexity index is 1320. The van der Waals surface area contributed by atoms with Gasteiger partial charge in [0.1, 0.15) is 27.4 Å². The fourth-order valence-electron chi connectivity index (χ4n) is 3.06. The van der Waals surface area contributed by atoms with Crippen molar-refractivity contribution in [3.63, 3.8) is 0 Å². The third-order valence-corrected chi connectivity index (χ3v) is 6.20. The zero-order valence-corrected chi connectivity index (χ0v) is 16.2. The van der Waals surface area contributed by atoms with Gasteiger partial charge in [-0.3, -0.25) is 9.36 Å². The molecule has 0 aliphatic rings. The van der Waals surface area contributed by atoms with Gasteiger partial charge >= 0.3 is 0 Å². The van der Waals surface area contributed by atoms with E-state index < -0.39 is 0 Å². The van der Waals surface area contributed by atoms with Crippen LogP contribution in [0.1, 0.15) is 5.82 Å². The van der Waals surface area contributed by atoms with Crippen molar-refractivity contribution in [2.45, 2.75) is 11.4 Å². The maximum atomic E-state index is 13.1. The Morgan fingerprint density at radius 1 is 1.11 bits per heavy atom. The average molecular weight is 406 g/mol. The minimum Gasteiger partial charge on any atom is -0.341 e. The predicted molar refractivity (Wildman–Crippen MR) is 111 cm³/mol. The van der Waals surface area contributed by atoms with Crippen LogP contribution < -0.4 is 5.56 Å². The number of benzene rings is 1. The second-order valence-electron chi connectivity index (χ2n) is 6.02. The van der Waals surface area contributed by atoms with E-state index in [1.54, 1.807) is 22.7 Å². The minimum atomic E-state index is -0.0239. The Morgan fingerprint density at radius 2 is 2.00 bits per heavy atom. The number of aryl methyl sites for hydroxylation is 1. The van der Waals surface area contributed by atoms with Gasteiger partial charge in [0.05, 0.1) is 17.5 Å². The van der Waals surface area contributed by atoms with Crippen molar-refractivity contribution in [1.29, 1.82) is 0 Å². The van der Waals surface area contributed by atoms with Gasteiger partial charge in [-0.25, -0.2) is 19.9 Å². The summed E-state index contributed by atoms with van der Waals surface area (Å²) in [5.41, 5.74) is 3.03. The number of para-hydroxylation sites is 1. The lowest BCUT2D eigenvalue weighted by atomic mass is 10.3. The fraction of sp³-hybridized carbons (Fsp3) is 0.105. The molecule has 0 aliphatic heterocycles. The molecule has 0 saturated carbocycles. The van der Waals surface area contributed by atoms with Crippen LogP contribution in [0.15, 0.2) is 64.3 Å². The van der Waals surface area contributed by atoms with Crippen LogP contribution in [0.25, 0.3) is 27.1 Å². The third-order valence-electron chi connectivity index (χ3n) is 4.32. The number of thiophene rings is 1. The van der Waals surface area contributed by atoms with Crippen molar-refractivity contribution in [3.05, 3.63) is 70.6 Å². The monoisotopic (exact) mass is 406 g/mol. The van der Waals surface area contributed by atoms with E-state index in [1.165, 1.54) is 17.7 Å². The molecule has 4 aromatic heterocycles. The highest BCUT2D eigenvalue weighted by molar-refractivity contribution is 7.99. The van der Waals surface area contributed by atoms with E-state index in [2.05, 4.69) is 19.9 Å². The molecule has 1 aromatic carbocycles. The molecule has 9 heteroatoms. The topological polar surface area (TPSA) is 89.3 Å². The molecule has 138 valence electrons. The zero-order chi connectivity index (χ0) is 18.9.